The first-order valence-electron chi connectivity index (χ1n) is 5.11. The lowest BCUT2D eigenvalue weighted by Crippen LogP contribution is -2.00. The Morgan fingerprint density at radius 3 is 2.75 bits per heavy atom. The molecule has 0 saturated heterocycles. The van der Waals surface area contributed by atoms with Gasteiger partial charge in [0.15, 0.2) is 0 Å². The van der Waals surface area contributed by atoms with Crippen molar-refractivity contribution in [3.05, 3.63) is 41.5 Å². The molecule has 0 unspecified atom stereocenters. The zero-order chi connectivity index (χ0) is 11.7. The molecule has 0 atom stereocenters. The summed E-state index contributed by atoms with van der Waals surface area (Å²) in [6.45, 7) is 2.19. The first kappa shape index (κ1) is 10.8. The first-order valence-corrected chi connectivity index (χ1v) is 5.11. The van der Waals surface area contributed by atoms with E-state index in [1.165, 1.54) is 6.07 Å². The Balaban J connectivity index is 2.52. The Morgan fingerprint density at radius 2 is 2.19 bits per heavy atom. The molecule has 4 heteroatoms. The number of rotatable bonds is 2. The van der Waals surface area contributed by atoms with Gasteiger partial charge in [0.05, 0.1) is 6.20 Å². The Labute approximate surface area is 93.7 Å². The SMILES string of the molecule is Cc1c(-c2ccc(F)c(CN)c2)cnn1C. The summed E-state index contributed by atoms with van der Waals surface area (Å²) in [5.74, 6) is -0.257. The molecule has 2 N–H and O–H groups in total. The fourth-order valence-electron chi connectivity index (χ4n) is 1.68. The standard InChI is InChI=1S/C12H14FN3/c1-8-11(7-15-16(8)2)9-3-4-12(13)10(5-9)6-14/h3-5,7H,6,14H2,1-2H3. The van der Waals surface area contributed by atoms with Crippen LogP contribution in [0.2, 0.25) is 0 Å². The molecule has 0 amide bonds. The molecule has 84 valence electrons. The predicted molar refractivity (Wildman–Crippen MR) is 61.2 cm³/mol. The lowest BCUT2D eigenvalue weighted by molar-refractivity contribution is 0.611. The highest BCUT2D eigenvalue weighted by molar-refractivity contribution is 5.65. The quantitative estimate of drug-likeness (QED) is 0.839. The molecule has 0 fully saturated rings. The van der Waals surface area contributed by atoms with Gasteiger partial charge in [-0.15, -0.1) is 0 Å². The van der Waals surface area contributed by atoms with Gasteiger partial charge in [0.2, 0.25) is 0 Å². The average Bonchev–Trinajstić information content (AvgIpc) is 2.61. The van der Waals surface area contributed by atoms with Crippen molar-refractivity contribution >= 4 is 0 Å². The van der Waals surface area contributed by atoms with E-state index in [0.717, 1.165) is 16.8 Å². The van der Waals surface area contributed by atoms with Gasteiger partial charge in [0.1, 0.15) is 5.82 Å². The van der Waals surface area contributed by atoms with Gasteiger partial charge < -0.3 is 5.73 Å². The second-order valence-electron chi connectivity index (χ2n) is 3.78. The molecule has 1 heterocycles. The lowest BCUT2D eigenvalue weighted by Gasteiger charge is -2.04. The van der Waals surface area contributed by atoms with E-state index >= 15 is 0 Å². The minimum absolute atomic E-state index is 0.207. The minimum atomic E-state index is -0.257. The maximum atomic E-state index is 13.3. The largest absolute Gasteiger partial charge is 0.326 e. The molecule has 3 nitrogen and oxygen atoms in total. The Hall–Kier alpha value is -1.68. The Bertz CT molecular complexity index is 517. The van der Waals surface area contributed by atoms with Crippen molar-refractivity contribution in [3.63, 3.8) is 0 Å². The lowest BCUT2D eigenvalue weighted by atomic mass is 10.0. The predicted octanol–water partition coefficient (Wildman–Crippen LogP) is 1.99. The monoisotopic (exact) mass is 219 g/mol. The van der Waals surface area contributed by atoms with Crippen LogP contribution in [0.4, 0.5) is 4.39 Å². The van der Waals surface area contributed by atoms with Crippen molar-refractivity contribution in [2.24, 2.45) is 12.8 Å². The number of nitrogens with zero attached hydrogens (tertiary/aromatic N) is 2. The number of hydrogen-bond acceptors (Lipinski definition) is 2. The number of hydrogen-bond donors (Lipinski definition) is 1. The molecule has 0 aliphatic rings. The van der Waals surface area contributed by atoms with Crippen LogP contribution in [-0.4, -0.2) is 9.78 Å². The van der Waals surface area contributed by atoms with E-state index in [2.05, 4.69) is 5.10 Å². The van der Waals surface area contributed by atoms with Crippen LogP contribution in [0, 0.1) is 12.7 Å². The van der Waals surface area contributed by atoms with Crippen LogP contribution < -0.4 is 5.73 Å². The number of aromatic nitrogens is 2. The van der Waals surface area contributed by atoms with Crippen molar-refractivity contribution < 1.29 is 4.39 Å². The molecule has 2 aromatic rings. The summed E-state index contributed by atoms with van der Waals surface area (Å²) in [4.78, 5) is 0. The van der Waals surface area contributed by atoms with Crippen LogP contribution in [0.3, 0.4) is 0 Å². The van der Waals surface area contributed by atoms with Crippen molar-refractivity contribution in [2.45, 2.75) is 13.5 Å². The number of aryl methyl sites for hydroxylation is 1. The molecule has 0 radical (unpaired) electrons. The molecule has 1 aromatic carbocycles. The maximum absolute atomic E-state index is 13.3. The van der Waals surface area contributed by atoms with E-state index < -0.39 is 0 Å². The smallest absolute Gasteiger partial charge is 0.127 e. The highest BCUT2D eigenvalue weighted by Crippen LogP contribution is 2.24. The number of benzene rings is 1. The van der Waals surface area contributed by atoms with Gasteiger partial charge in [-0.05, 0) is 24.6 Å². The topological polar surface area (TPSA) is 43.8 Å². The molecule has 0 bridgehead atoms. The zero-order valence-electron chi connectivity index (χ0n) is 9.37. The highest BCUT2D eigenvalue weighted by atomic mass is 19.1. The summed E-state index contributed by atoms with van der Waals surface area (Å²) in [6.07, 6.45) is 1.78. The molecule has 0 aliphatic carbocycles. The third kappa shape index (κ3) is 1.72. The van der Waals surface area contributed by atoms with Crippen LogP contribution in [0.5, 0.6) is 0 Å². The number of halogens is 1. The molecular formula is C12H14FN3. The average molecular weight is 219 g/mol. The second-order valence-corrected chi connectivity index (χ2v) is 3.78. The van der Waals surface area contributed by atoms with Crippen LogP contribution in [0.1, 0.15) is 11.3 Å². The van der Waals surface area contributed by atoms with Gasteiger partial charge in [-0.25, -0.2) is 4.39 Å². The normalized spacial score (nSPS) is 10.8. The van der Waals surface area contributed by atoms with Crippen LogP contribution in [0.25, 0.3) is 11.1 Å². The van der Waals surface area contributed by atoms with Crippen LogP contribution in [0.15, 0.2) is 24.4 Å². The van der Waals surface area contributed by atoms with Gasteiger partial charge in [0, 0.05) is 30.4 Å². The Morgan fingerprint density at radius 1 is 1.44 bits per heavy atom. The third-order valence-electron chi connectivity index (χ3n) is 2.81. The van der Waals surface area contributed by atoms with Crippen molar-refractivity contribution in [2.75, 3.05) is 0 Å². The van der Waals surface area contributed by atoms with Gasteiger partial charge in [0.25, 0.3) is 0 Å². The highest BCUT2D eigenvalue weighted by Gasteiger charge is 2.08. The fourth-order valence-corrected chi connectivity index (χ4v) is 1.68. The summed E-state index contributed by atoms with van der Waals surface area (Å²) in [5, 5.41) is 4.16. The van der Waals surface area contributed by atoms with Crippen LogP contribution >= 0.6 is 0 Å². The number of nitrogens with two attached hydrogens (primary N) is 1. The molecule has 0 saturated carbocycles. The van der Waals surface area contributed by atoms with E-state index in [1.807, 2.05) is 14.0 Å². The summed E-state index contributed by atoms with van der Waals surface area (Å²) in [5.41, 5.74) is 9.02. The molecule has 0 aliphatic heterocycles. The van der Waals surface area contributed by atoms with E-state index in [9.17, 15) is 4.39 Å². The van der Waals surface area contributed by atoms with Crippen LogP contribution in [-0.2, 0) is 13.6 Å². The maximum Gasteiger partial charge on any atom is 0.127 e. The second kappa shape index (κ2) is 4.06. The fraction of sp³-hybridized carbons (Fsp3) is 0.250. The van der Waals surface area contributed by atoms with E-state index in [4.69, 9.17) is 5.73 Å². The van der Waals surface area contributed by atoms with Gasteiger partial charge in [-0.3, -0.25) is 4.68 Å². The van der Waals surface area contributed by atoms with Gasteiger partial charge >= 0.3 is 0 Å². The molecule has 1 aromatic heterocycles. The molecule has 16 heavy (non-hydrogen) atoms. The zero-order valence-corrected chi connectivity index (χ0v) is 9.37. The third-order valence-corrected chi connectivity index (χ3v) is 2.81. The van der Waals surface area contributed by atoms with Crippen molar-refractivity contribution in [1.29, 1.82) is 0 Å². The minimum Gasteiger partial charge on any atom is -0.326 e. The van der Waals surface area contributed by atoms with Gasteiger partial charge in [-0.2, -0.15) is 5.10 Å². The molecule has 0 spiro atoms. The Kier molecular flexibility index (Phi) is 2.75. The summed E-state index contributed by atoms with van der Waals surface area (Å²) >= 11 is 0. The van der Waals surface area contributed by atoms with E-state index in [-0.39, 0.29) is 12.4 Å². The van der Waals surface area contributed by atoms with Crippen molar-refractivity contribution in [3.8, 4) is 11.1 Å². The van der Waals surface area contributed by atoms with Gasteiger partial charge in [-0.1, -0.05) is 6.07 Å². The first-order chi connectivity index (χ1) is 7.63. The molecule has 2 rings (SSSR count). The van der Waals surface area contributed by atoms with E-state index in [1.54, 1.807) is 23.0 Å². The van der Waals surface area contributed by atoms with E-state index in [0.29, 0.717) is 5.56 Å². The molecular weight excluding hydrogens is 205 g/mol. The van der Waals surface area contributed by atoms with Crippen molar-refractivity contribution in [1.82, 2.24) is 9.78 Å². The summed E-state index contributed by atoms with van der Waals surface area (Å²) in [6, 6.07) is 4.97. The summed E-state index contributed by atoms with van der Waals surface area (Å²) in [7, 11) is 1.88. The summed E-state index contributed by atoms with van der Waals surface area (Å²) < 4.78 is 15.1.